The van der Waals surface area contributed by atoms with Gasteiger partial charge in [-0.1, -0.05) is 26.7 Å². The predicted octanol–water partition coefficient (Wildman–Crippen LogP) is 3.57. The van der Waals surface area contributed by atoms with Crippen molar-refractivity contribution in [2.24, 2.45) is 5.41 Å². The molecule has 1 aliphatic rings. The van der Waals surface area contributed by atoms with Crippen molar-refractivity contribution in [1.82, 2.24) is 4.90 Å². The van der Waals surface area contributed by atoms with Gasteiger partial charge in [-0.3, -0.25) is 4.79 Å². The molecule has 1 N–H and O–H groups in total. The predicted molar refractivity (Wildman–Crippen MR) is 76.2 cm³/mol. The fourth-order valence-corrected chi connectivity index (χ4v) is 2.99. The van der Waals surface area contributed by atoms with Gasteiger partial charge in [0.15, 0.2) is 0 Å². The topological polar surface area (TPSA) is 40.5 Å². The summed E-state index contributed by atoms with van der Waals surface area (Å²) >= 11 is 0. The molecule has 0 bridgehead atoms. The maximum Gasteiger partial charge on any atom is 0.256 e. The second kappa shape index (κ2) is 5.81. The van der Waals surface area contributed by atoms with E-state index >= 15 is 0 Å². The molecule has 4 heteroatoms. The number of phenols is 1. The maximum absolute atomic E-state index is 13.7. The number of piperidine rings is 1. The first-order chi connectivity index (χ1) is 9.51. The summed E-state index contributed by atoms with van der Waals surface area (Å²) in [6.45, 7) is 5.75. The molecule has 0 aliphatic carbocycles. The maximum atomic E-state index is 13.7. The van der Waals surface area contributed by atoms with Crippen molar-refractivity contribution in [2.45, 2.75) is 39.5 Å². The van der Waals surface area contributed by atoms with Gasteiger partial charge >= 0.3 is 0 Å². The Morgan fingerprint density at radius 2 is 1.90 bits per heavy atom. The Kier molecular flexibility index (Phi) is 4.31. The van der Waals surface area contributed by atoms with Crippen LogP contribution >= 0.6 is 0 Å². The number of carbonyl (C=O) groups excluding carboxylic acids is 1. The van der Waals surface area contributed by atoms with E-state index in [0.29, 0.717) is 18.5 Å². The molecule has 1 saturated heterocycles. The lowest BCUT2D eigenvalue weighted by Crippen LogP contribution is -2.43. The van der Waals surface area contributed by atoms with Crippen LogP contribution in [0, 0.1) is 11.2 Å². The molecule has 3 nitrogen and oxygen atoms in total. The minimum Gasteiger partial charge on any atom is -0.508 e. The van der Waals surface area contributed by atoms with Gasteiger partial charge in [0.25, 0.3) is 5.91 Å². The standard InChI is InChI=1S/C16H22FNO2/c1-3-16(4-2)7-9-18(10-8-16)15(20)13-6-5-12(19)11-14(13)17/h5-6,11,19H,3-4,7-10H2,1-2H3. The average molecular weight is 279 g/mol. The third-order valence-corrected chi connectivity index (χ3v) is 4.79. The molecule has 1 aromatic carbocycles. The molecular weight excluding hydrogens is 257 g/mol. The lowest BCUT2D eigenvalue weighted by molar-refractivity contribution is 0.0553. The molecule has 0 radical (unpaired) electrons. The SMILES string of the molecule is CCC1(CC)CCN(C(=O)c2ccc(O)cc2F)CC1. The number of rotatable bonds is 3. The molecule has 1 amide bonds. The van der Waals surface area contributed by atoms with E-state index in [1.165, 1.54) is 12.1 Å². The fraction of sp³-hybridized carbons (Fsp3) is 0.562. The summed E-state index contributed by atoms with van der Waals surface area (Å²) in [7, 11) is 0. The summed E-state index contributed by atoms with van der Waals surface area (Å²) in [4.78, 5) is 14.0. The van der Waals surface area contributed by atoms with Gasteiger partial charge < -0.3 is 10.0 Å². The van der Waals surface area contributed by atoms with Crippen molar-refractivity contribution in [2.75, 3.05) is 13.1 Å². The number of aromatic hydroxyl groups is 1. The number of carbonyl (C=O) groups is 1. The third-order valence-electron chi connectivity index (χ3n) is 4.79. The largest absolute Gasteiger partial charge is 0.508 e. The van der Waals surface area contributed by atoms with Gasteiger partial charge in [-0.05, 0) is 30.4 Å². The van der Waals surface area contributed by atoms with Crippen molar-refractivity contribution >= 4 is 5.91 Å². The monoisotopic (exact) mass is 279 g/mol. The Bertz CT molecular complexity index is 487. The summed E-state index contributed by atoms with van der Waals surface area (Å²) in [5.74, 6) is -1.09. The van der Waals surface area contributed by atoms with Crippen molar-refractivity contribution in [1.29, 1.82) is 0 Å². The zero-order chi connectivity index (χ0) is 14.8. The van der Waals surface area contributed by atoms with Crippen LogP contribution in [-0.4, -0.2) is 29.0 Å². The Morgan fingerprint density at radius 1 is 1.30 bits per heavy atom. The number of benzene rings is 1. The molecule has 0 unspecified atom stereocenters. The van der Waals surface area contributed by atoms with E-state index in [4.69, 9.17) is 0 Å². The second-order valence-electron chi connectivity index (χ2n) is 5.66. The van der Waals surface area contributed by atoms with E-state index in [1.54, 1.807) is 4.90 Å². The van der Waals surface area contributed by atoms with E-state index in [1.807, 2.05) is 0 Å². The lowest BCUT2D eigenvalue weighted by Gasteiger charge is -2.41. The lowest BCUT2D eigenvalue weighted by atomic mass is 9.74. The number of phenolic OH excluding ortho intramolecular Hbond substituents is 1. The molecule has 0 atom stereocenters. The molecular formula is C16H22FNO2. The summed E-state index contributed by atoms with van der Waals surface area (Å²) in [5, 5.41) is 9.20. The van der Waals surface area contributed by atoms with Crippen LogP contribution < -0.4 is 0 Å². The molecule has 20 heavy (non-hydrogen) atoms. The van der Waals surface area contributed by atoms with Gasteiger partial charge in [0.1, 0.15) is 11.6 Å². The van der Waals surface area contributed by atoms with Gasteiger partial charge in [-0.25, -0.2) is 4.39 Å². The van der Waals surface area contributed by atoms with E-state index in [9.17, 15) is 14.3 Å². The summed E-state index contributed by atoms with van der Waals surface area (Å²) in [6, 6.07) is 3.69. The first-order valence-electron chi connectivity index (χ1n) is 7.29. The number of hydrogen-bond donors (Lipinski definition) is 1. The van der Waals surface area contributed by atoms with Gasteiger partial charge in [0.05, 0.1) is 5.56 Å². The smallest absolute Gasteiger partial charge is 0.256 e. The fourth-order valence-electron chi connectivity index (χ4n) is 2.99. The van der Waals surface area contributed by atoms with Crippen molar-refractivity contribution < 1.29 is 14.3 Å². The molecule has 2 rings (SSSR count). The van der Waals surface area contributed by atoms with Crippen LogP contribution in [0.2, 0.25) is 0 Å². The van der Waals surface area contributed by atoms with Crippen molar-refractivity contribution in [3.8, 4) is 5.75 Å². The third kappa shape index (κ3) is 2.79. The molecule has 0 spiro atoms. The van der Waals surface area contributed by atoms with Gasteiger partial charge in [0, 0.05) is 19.2 Å². The van der Waals surface area contributed by atoms with Crippen LogP contribution in [0.3, 0.4) is 0 Å². The van der Waals surface area contributed by atoms with E-state index < -0.39 is 5.82 Å². The zero-order valence-corrected chi connectivity index (χ0v) is 12.2. The highest BCUT2D eigenvalue weighted by atomic mass is 19.1. The van der Waals surface area contributed by atoms with E-state index in [0.717, 1.165) is 31.7 Å². The molecule has 1 aromatic rings. The van der Waals surface area contributed by atoms with Crippen molar-refractivity contribution in [3.63, 3.8) is 0 Å². The number of nitrogens with zero attached hydrogens (tertiary/aromatic N) is 1. The zero-order valence-electron chi connectivity index (χ0n) is 12.2. The van der Waals surface area contributed by atoms with Crippen LogP contribution in [0.25, 0.3) is 0 Å². The van der Waals surface area contributed by atoms with E-state index in [-0.39, 0.29) is 17.2 Å². The highest BCUT2D eigenvalue weighted by molar-refractivity contribution is 5.94. The Labute approximate surface area is 119 Å². The summed E-state index contributed by atoms with van der Waals surface area (Å²) in [5.41, 5.74) is 0.382. The number of amides is 1. The van der Waals surface area contributed by atoms with Gasteiger partial charge in [0.2, 0.25) is 0 Å². The summed E-state index contributed by atoms with van der Waals surface area (Å²) in [6.07, 6.45) is 4.20. The van der Waals surface area contributed by atoms with Gasteiger partial charge in [-0.15, -0.1) is 0 Å². The Morgan fingerprint density at radius 3 is 2.40 bits per heavy atom. The minimum absolute atomic E-state index is 0.0447. The number of hydrogen-bond acceptors (Lipinski definition) is 2. The molecule has 1 heterocycles. The number of likely N-dealkylation sites (tertiary alicyclic amines) is 1. The first kappa shape index (κ1) is 14.8. The van der Waals surface area contributed by atoms with Crippen LogP contribution in [-0.2, 0) is 0 Å². The molecule has 0 saturated carbocycles. The van der Waals surface area contributed by atoms with Crippen LogP contribution in [0.1, 0.15) is 49.9 Å². The molecule has 1 aliphatic heterocycles. The van der Waals surface area contributed by atoms with Crippen LogP contribution in [0.4, 0.5) is 4.39 Å². The molecule has 0 aromatic heterocycles. The van der Waals surface area contributed by atoms with Gasteiger partial charge in [-0.2, -0.15) is 0 Å². The van der Waals surface area contributed by atoms with E-state index in [2.05, 4.69) is 13.8 Å². The Hall–Kier alpha value is -1.58. The minimum atomic E-state index is -0.655. The molecule has 1 fully saturated rings. The quantitative estimate of drug-likeness (QED) is 0.918. The average Bonchev–Trinajstić information content (AvgIpc) is 2.47. The normalized spacial score (nSPS) is 18.1. The summed E-state index contributed by atoms with van der Waals surface area (Å²) < 4.78 is 13.7. The number of halogens is 1. The van der Waals surface area contributed by atoms with Crippen LogP contribution in [0.5, 0.6) is 5.75 Å². The second-order valence-corrected chi connectivity index (χ2v) is 5.66. The van der Waals surface area contributed by atoms with Crippen LogP contribution in [0.15, 0.2) is 18.2 Å². The Balaban J connectivity index is 2.09. The highest BCUT2D eigenvalue weighted by Crippen LogP contribution is 2.38. The first-order valence-corrected chi connectivity index (χ1v) is 7.29. The van der Waals surface area contributed by atoms with Crippen molar-refractivity contribution in [3.05, 3.63) is 29.6 Å². The highest BCUT2D eigenvalue weighted by Gasteiger charge is 2.33. The molecule has 110 valence electrons.